The summed E-state index contributed by atoms with van der Waals surface area (Å²) in [7, 11) is 1.92. The Balaban J connectivity index is 2.94. The molecule has 0 aliphatic carbocycles. The molecule has 1 atom stereocenters. The molecule has 0 spiro atoms. The molecule has 0 radical (unpaired) electrons. The molecular formula is C8H14N4O3S. The van der Waals surface area contributed by atoms with Gasteiger partial charge in [-0.2, -0.15) is 0 Å². The highest BCUT2D eigenvalue weighted by molar-refractivity contribution is 7.84. The topological polar surface area (TPSA) is 86.0 Å². The highest BCUT2D eigenvalue weighted by Gasteiger charge is 2.07. The predicted molar refractivity (Wildman–Crippen MR) is 62.1 cm³/mol. The minimum absolute atomic E-state index is 0.0926. The quantitative estimate of drug-likeness (QED) is 0.682. The Hall–Kier alpha value is -1.44. The number of anilines is 1. The third kappa shape index (κ3) is 2.78. The lowest BCUT2D eigenvalue weighted by atomic mass is 10.6. The first-order valence-electron chi connectivity index (χ1n) is 4.61. The molecule has 16 heavy (non-hydrogen) atoms. The van der Waals surface area contributed by atoms with E-state index in [9.17, 15) is 13.8 Å². The molecule has 90 valence electrons. The molecule has 8 heteroatoms. The van der Waals surface area contributed by atoms with E-state index in [2.05, 4.69) is 10.4 Å². The lowest BCUT2D eigenvalue weighted by Crippen LogP contribution is -2.40. The molecule has 0 saturated carbocycles. The molecule has 0 aliphatic rings. The van der Waals surface area contributed by atoms with Crippen LogP contribution in [0.15, 0.2) is 9.59 Å². The highest BCUT2D eigenvalue weighted by Crippen LogP contribution is 1.88. The Labute approximate surface area is 94.6 Å². The molecule has 0 fully saturated rings. The van der Waals surface area contributed by atoms with E-state index in [1.165, 1.54) is 14.1 Å². The van der Waals surface area contributed by atoms with Crippen LogP contribution in [0.1, 0.15) is 0 Å². The van der Waals surface area contributed by atoms with Gasteiger partial charge in [0.05, 0.1) is 0 Å². The van der Waals surface area contributed by atoms with Crippen LogP contribution in [-0.2, 0) is 24.9 Å². The standard InChI is InChI=1S/C8H14N4O3S/c1-11-7(13)6(9-4-5-16(3)15)10-12(2)8(11)14/h4-5H2,1-3H3,(H,9,10). The van der Waals surface area contributed by atoms with Crippen molar-refractivity contribution < 1.29 is 4.21 Å². The molecule has 1 N–H and O–H groups in total. The van der Waals surface area contributed by atoms with Gasteiger partial charge in [-0.3, -0.25) is 13.6 Å². The summed E-state index contributed by atoms with van der Waals surface area (Å²) in [5.41, 5.74) is -0.959. The molecule has 1 aromatic rings. The van der Waals surface area contributed by atoms with Crippen molar-refractivity contribution in [2.75, 3.05) is 23.9 Å². The van der Waals surface area contributed by atoms with Gasteiger partial charge in [0.25, 0.3) is 5.56 Å². The van der Waals surface area contributed by atoms with Crippen LogP contribution in [-0.4, -0.2) is 37.1 Å². The van der Waals surface area contributed by atoms with Gasteiger partial charge in [0.2, 0.25) is 5.82 Å². The number of hydrogen-bond acceptors (Lipinski definition) is 5. The van der Waals surface area contributed by atoms with E-state index < -0.39 is 22.0 Å². The Morgan fingerprint density at radius 1 is 1.38 bits per heavy atom. The van der Waals surface area contributed by atoms with Gasteiger partial charge in [0.15, 0.2) is 0 Å². The van der Waals surface area contributed by atoms with Gasteiger partial charge in [0, 0.05) is 43.4 Å². The third-order valence-electron chi connectivity index (χ3n) is 2.00. The number of aromatic nitrogens is 3. The van der Waals surface area contributed by atoms with Gasteiger partial charge < -0.3 is 5.32 Å². The summed E-state index contributed by atoms with van der Waals surface area (Å²) in [5, 5.41) is 6.55. The summed E-state index contributed by atoms with van der Waals surface area (Å²) in [4.78, 5) is 22.9. The lowest BCUT2D eigenvalue weighted by Gasteiger charge is -2.06. The molecule has 0 aliphatic heterocycles. The Bertz CT molecular complexity index is 519. The maximum absolute atomic E-state index is 11.6. The summed E-state index contributed by atoms with van der Waals surface area (Å²) >= 11 is 0. The molecule has 1 heterocycles. The molecule has 0 saturated heterocycles. The van der Waals surface area contributed by atoms with E-state index in [-0.39, 0.29) is 5.82 Å². The number of aryl methyl sites for hydroxylation is 1. The number of rotatable bonds is 4. The fourth-order valence-corrected chi connectivity index (χ4v) is 1.51. The van der Waals surface area contributed by atoms with Gasteiger partial charge >= 0.3 is 5.69 Å². The SMILES string of the molecule is Cn1nc(NCCS(C)=O)c(=O)n(C)c1=O. The van der Waals surface area contributed by atoms with Crippen LogP contribution in [0.3, 0.4) is 0 Å². The summed E-state index contributed by atoms with van der Waals surface area (Å²) in [5.74, 6) is 0.517. The minimum atomic E-state index is -0.929. The highest BCUT2D eigenvalue weighted by atomic mass is 32.2. The van der Waals surface area contributed by atoms with Crippen LogP contribution < -0.4 is 16.6 Å². The van der Waals surface area contributed by atoms with Gasteiger partial charge in [-0.05, 0) is 0 Å². The number of nitrogens with zero attached hydrogens (tertiary/aromatic N) is 3. The first kappa shape index (κ1) is 12.6. The van der Waals surface area contributed by atoms with Gasteiger partial charge in [-0.15, -0.1) is 5.10 Å². The van der Waals surface area contributed by atoms with Crippen LogP contribution in [0.25, 0.3) is 0 Å². The van der Waals surface area contributed by atoms with Crippen LogP contribution in [0.5, 0.6) is 0 Å². The van der Waals surface area contributed by atoms with Crippen molar-refractivity contribution in [1.29, 1.82) is 0 Å². The van der Waals surface area contributed by atoms with Crippen molar-refractivity contribution >= 4 is 16.6 Å². The smallest absolute Gasteiger partial charge is 0.346 e. The van der Waals surface area contributed by atoms with Crippen molar-refractivity contribution in [1.82, 2.24) is 14.3 Å². The number of hydrogen-bond donors (Lipinski definition) is 1. The average molecular weight is 246 g/mol. The Kier molecular flexibility index (Phi) is 3.99. The maximum Gasteiger partial charge on any atom is 0.346 e. The summed E-state index contributed by atoms with van der Waals surface area (Å²) in [6, 6.07) is 0. The predicted octanol–water partition coefficient (Wildman–Crippen LogP) is -1.73. The first-order chi connectivity index (χ1) is 7.43. The van der Waals surface area contributed by atoms with E-state index in [1.54, 1.807) is 6.26 Å². The molecule has 1 rings (SSSR count). The first-order valence-corrected chi connectivity index (χ1v) is 6.34. The maximum atomic E-state index is 11.6. The molecule has 1 aromatic heterocycles. The van der Waals surface area contributed by atoms with Crippen molar-refractivity contribution in [3.8, 4) is 0 Å². The van der Waals surface area contributed by atoms with Gasteiger partial charge in [-0.25, -0.2) is 9.48 Å². The molecule has 0 bridgehead atoms. The van der Waals surface area contributed by atoms with E-state index in [0.29, 0.717) is 12.3 Å². The van der Waals surface area contributed by atoms with E-state index >= 15 is 0 Å². The van der Waals surface area contributed by atoms with Crippen LogP contribution >= 0.6 is 0 Å². The van der Waals surface area contributed by atoms with Crippen LogP contribution in [0, 0.1) is 0 Å². The summed E-state index contributed by atoms with van der Waals surface area (Å²) in [6.45, 7) is 0.379. The van der Waals surface area contributed by atoms with Crippen LogP contribution in [0.2, 0.25) is 0 Å². The van der Waals surface area contributed by atoms with Crippen molar-refractivity contribution in [3.63, 3.8) is 0 Å². The zero-order valence-corrected chi connectivity index (χ0v) is 10.2. The third-order valence-corrected chi connectivity index (χ3v) is 2.78. The Morgan fingerprint density at radius 2 is 2.00 bits per heavy atom. The van der Waals surface area contributed by atoms with Gasteiger partial charge in [-0.1, -0.05) is 0 Å². The van der Waals surface area contributed by atoms with E-state index in [1.807, 2.05) is 0 Å². The zero-order chi connectivity index (χ0) is 12.3. The fraction of sp³-hybridized carbons (Fsp3) is 0.625. The van der Waals surface area contributed by atoms with Crippen molar-refractivity contribution in [3.05, 3.63) is 20.8 Å². The zero-order valence-electron chi connectivity index (χ0n) is 9.39. The molecule has 0 aromatic carbocycles. The second kappa shape index (κ2) is 5.06. The molecule has 1 unspecified atom stereocenters. The fourth-order valence-electron chi connectivity index (χ4n) is 1.12. The largest absolute Gasteiger partial charge is 0.363 e. The second-order valence-electron chi connectivity index (χ2n) is 3.32. The number of nitrogens with one attached hydrogen (secondary N) is 1. The molecule has 0 amide bonds. The monoisotopic (exact) mass is 246 g/mol. The lowest BCUT2D eigenvalue weighted by molar-refractivity contribution is 0.605. The average Bonchev–Trinajstić information content (AvgIpc) is 2.22. The van der Waals surface area contributed by atoms with Crippen molar-refractivity contribution in [2.24, 2.45) is 14.1 Å². The van der Waals surface area contributed by atoms with Crippen LogP contribution in [0.4, 0.5) is 5.82 Å². The summed E-state index contributed by atoms with van der Waals surface area (Å²) in [6.07, 6.45) is 1.58. The van der Waals surface area contributed by atoms with E-state index in [0.717, 1.165) is 9.25 Å². The minimum Gasteiger partial charge on any atom is -0.363 e. The second-order valence-corrected chi connectivity index (χ2v) is 4.88. The van der Waals surface area contributed by atoms with E-state index in [4.69, 9.17) is 0 Å². The Morgan fingerprint density at radius 3 is 2.56 bits per heavy atom. The molecule has 7 nitrogen and oxygen atoms in total. The normalized spacial score (nSPS) is 12.4. The molecular weight excluding hydrogens is 232 g/mol. The summed E-state index contributed by atoms with van der Waals surface area (Å²) < 4.78 is 12.9. The van der Waals surface area contributed by atoms with Gasteiger partial charge in [0.1, 0.15) is 0 Å². The van der Waals surface area contributed by atoms with Crippen molar-refractivity contribution in [2.45, 2.75) is 0 Å².